The number of carbonyl (C=O) groups is 3. The molecule has 0 radical (unpaired) electrons. The van der Waals surface area contributed by atoms with E-state index >= 15 is 0 Å². The van der Waals surface area contributed by atoms with Crippen LogP contribution in [0.5, 0.6) is 0 Å². The summed E-state index contributed by atoms with van der Waals surface area (Å²) in [6, 6.07) is 25.1. The molecule has 2 unspecified atom stereocenters. The second kappa shape index (κ2) is 33.0. The first-order chi connectivity index (χ1) is 52.8. The van der Waals surface area contributed by atoms with E-state index in [0.29, 0.717) is 76.4 Å². The van der Waals surface area contributed by atoms with Crippen LogP contribution >= 0.6 is 22.6 Å². The quantitative estimate of drug-likeness (QED) is 0.0304. The van der Waals surface area contributed by atoms with Crippen LogP contribution in [0.2, 0.25) is 0 Å². The second-order valence-corrected chi connectivity index (χ2v) is 34.2. The van der Waals surface area contributed by atoms with Crippen molar-refractivity contribution < 1.29 is 101 Å². The Labute approximate surface area is 704 Å². The minimum Gasteiger partial charge on any atom is -1.00 e. The van der Waals surface area contributed by atoms with E-state index in [1.54, 1.807) is 0 Å². The fraction of sp³-hybridized carbons (Fsp3) is 0.556. The Hall–Kier alpha value is -7.11. The number of anilines is 3. The molecular formula is C81H104IKN18O10. The largest absolute Gasteiger partial charge is 1.00 e. The van der Waals surface area contributed by atoms with Crippen molar-refractivity contribution in [1.29, 1.82) is 0 Å². The van der Waals surface area contributed by atoms with Crippen molar-refractivity contribution >= 4 is 91.7 Å². The van der Waals surface area contributed by atoms with E-state index in [1.165, 1.54) is 34.7 Å². The number of amides is 2. The third kappa shape index (κ3) is 16.6. The van der Waals surface area contributed by atoms with Gasteiger partial charge in [-0.15, -0.1) is 0 Å². The molecule has 17 rings (SSSR count). The van der Waals surface area contributed by atoms with Crippen LogP contribution in [0.25, 0.3) is 33.5 Å². The minimum absolute atomic E-state index is 0. The van der Waals surface area contributed by atoms with Gasteiger partial charge in [0.05, 0.1) is 36.7 Å². The number of aromatic amines is 1. The Morgan fingerprint density at radius 1 is 0.586 bits per heavy atom. The number of benzene rings is 3. The van der Waals surface area contributed by atoms with Crippen molar-refractivity contribution in [3.8, 4) is 0 Å². The Bertz CT molecular complexity index is 4890. The Morgan fingerprint density at radius 2 is 1.01 bits per heavy atom. The Balaban J connectivity index is 0.000000149. The summed E-state index contributed by atoms with van der Waals surface area (Å²) in [4.78, 5) is 73.6. The van der Waals surface area contributed by atoms with Crippen LogP contribution in [-0.2, 0) is 67.6 Å². The zero-order chi connectivity index (χ0) is 77.0. The molecule has 111 heavy (non-hydrogen) atoms. The van der Waals surface area contributed by atoms with Gasteiger partial charge < -0.3 is 66.4 Å². The number of alkyl carbamates (subject to hydrolysis) is 2. The van der Waals surface area contributed by atoms with Crippen molar-refractivity contribution in [2.75, 3.05) is 67.2 Å². The van der Waals surface area contributed by atoms with Gasteiger partial charge in [-0.2, -0.15) is 15.3 Å². The average Bonchev–Trinajstić information content (AvgIpc) is 1.59. The summed E-state index contributed by atoms with van der Waals surface area (Å²) < 4.78 is 33.3. The number of halogens is 1. The summed E-state index contributed by atoms with van der Waals surface area (Å²) in [5, 5.41) is 43.2. The molecule has 3 spiro atoms. The number of hydrogen-bond donors (Lipinski definition) is 6. The predicted molar refractivity (Wildman–Crippen MR) is 424 cm³/mol. The zero-order valence-electron chi connectivity index (χ0n) is 66.6. The number of carbonyl (C=O) groups excluding carboxylic acids is 3. The number of rotatable bonds is 11. The monoisotopic (exact) mass is 1650 g/mol. The third-order valence-corrected chi connectivity index (χ3v) is 24.3. The number of nitrogens with two attached hydrogens (primary N) is 1. The van der Waals surface area contributed by atoms with E-state index in [4.69, 9.17) is 64.5 Å². The molecule has 2 amide bonds. The number of esters is 1. The van der Waals surface area contributed by atoms with Crippen molar-refractivity contribution in [1.82, 2.24) is 70.3 Å². The first kappa shape index (κ1) is 80.5. The van der Waals surface area contributed by atoms with Crippen LogP contribution in [0, 0.1) is 33.8 Å². The molecule has 0 bridgehead atoms. The average molecular weight is 1660 g/mol. The van der Waals surface area contributed by atoms with Gasteiger partial charge in [-0.3, -0.25) is 9.89 Å². The van der Waals surface area contributed by atoms with E-state index in [-0.39, 0.29) is 132 Å². The molecule has 3 aromatic carbocycles. The maximum absolute atomic E-state index is 13.0. The van der Waals surface area contributed by atoms with E-state index in [2.05, 4.69) is 124 Å². The first-order valence-corrected chi connectivity index (χ1v) is 40.1. The molecule has 5 atom stereocenters. The molecule has 5 saturated heterocycles. The number of aromatic nitrogens is 12. The number of aliphatic hydroxyl groups is 2. The number of aryl methyl sites for hydroxylation is 2. The molecule has 9 aromatic rings. The van der Waals surface area contributed by atoms with Crippen LogP contribution in [0.15, 0.2) is 72.8 Å². The molecule has 28 nitrogen and oxygen atoms in total. The van der Waals surface area contributed by atoms with Gasteiger partial charge in [0.15, 0.2) is 44.9 Å². The van der Waals surface area contributed by atoms with Crippen molar-refractivity contribution in [3.63, 3.8) is 0 Å². The number of aliphatic hydroxyl groups excluding tert-OH is 2. The van der Waals surface area contributed by atoms with Gasteiger partial charge in [0, 0.05) is 76.3 Å². The zero-order valence-corrected chi connectivity index (χ0v) is 70.9. The number of piperidine rings is 3. The molecule has 3 aliphatic carbocycles. The molecule has 5 fully saturated rings. The molecule has 5 aliphatic heterocycles. The maximum Gasteiger partial charge on any atom is 1.00 e. The van der Waals surface area contributed by atoms with Crippen LogP contribution in [0.3, 0.4) is 0 Å². The van der Waals surface area contributed by atoms with Gasteiger partial charge in [0.25, 0.3) is 0 Å². The fourth-order valence-corrected chi connectivity index (χ4v) is 18.7. The maximum atomic E-state index is 13.0. The summed E-state index contributed by atoms with van der Waals surface area (Å²) >= 11 is 2.18. The number of H-pyrrole nitrogens is 1. The van der Waals surface area contributed by atoms with Gasteiger partial charge >= 0.3 is 69.5 Å². The number of hydrogen-bond acceptors (Lipinski definition) is 23. The number of nitrogens with one attached hydrogen (secondary N) is 3. The molecule has 0 saturated carbocycles. The standard InChI is InChI=1S/C31H39IN6O5.C30H40N6O4.C20H24N6O.K.H/c1-19(39)42-18-22-27(35-28-24(33-22)26(32)36-38(28)23-11-7-8-16-41-23)37-14-12-31(13-15-37)17-20-9-5-6-10-21(20)25(31)34-29(40)43-30(2,3)4;1-19-24-27(36(34-19)23-11-7-8-16-39-23)33-26(22(18-37)31-24)35-14-12-30(13-15-35)17-20-9-5-6-10-21(20)25(30)32-28(38)40-29(2,3)4;1-12-16-18(25-24-12)23-19(15(11-27)22-16)26-8-6-20(7-9-26)10-13-4-2-3-5-14(13)17(20)21;;/h5-6,9-10,23,25H,7-8,11-18H2,1-4H3,(H,34,40);5-6,9-10,23,25,37H,7-8,11-18H2,1-4H3,(H,32,38);2-5,17,27H,6-11,21H2,1H3,(H,23,24,25);;/q;;;+1;-1/t2*23?,25-;17-;;/m111../s1. The topological polar surface area (TPSA) is 339 Å². The normalized spacial score (nSPS) is 21.6. The van der Waals surface area contributed by atoms with Gasteiger partial charge in [0.1, 0.15) is 51.4 Å². The third-order valence-electron chi connectivity index (χ3n) is 23.6. The SMILES string of the molecule is CC(=O)OCc1nc2c(I)nn(C3CCCCO3)c2nc1N1CCC2(CC1)Cc1ccccc1[C@H]2NC(=O)OC(C)(C)C.Cc1[nH]nc2nc(N3CCC4(CC3)Cc3ccccc3[C@H]4N)c(CO)nc12.Cc1nn(C2CCCCO2)c2nc(N3CCC4(CC3)Cc3ccccc3[C@H]4NC(=O)OC(C)(C)C)c(CO)nc12.[H-].[K+]. The van der Waals surface area contributed by atoms with Gasteiger partial charge in [-0.25, -0.2) is 48.9 Å². The second-order valence-electron chi connectivity index (χ2n) is 33.2. The van der Waals surface area contributed by atoms with Gasteiger partial charge in [0.2, 0.25) is 5.65 Å². The van der Waals surface area contributed by atoms with Crippen molar-refractivity contribution in [2.45, 2.75) is 220 Å². The van der Waals surface area contributed by atoms with E-state index in [1.807, 2.05) is 76.9 Å². The van der Waals surface area contributed by atoms with Crippen LogP contribution in [0.4, 0.5) is 27.0 Å². The fourth-order valence-electron chi connectivity index (χ4n) is 18.1. The van der Waals surface area contributed by atoms with Crippen LogP contribution < -0.4 is 82.5 Å². The van der Waals surface area contributed by atoms with E-state index in [0.717, 1.165) is 161 Å². The van der Waals surface area contributed by atoms with Crippen molar-refractivity contribution in [3.05, 3.63) is 138 Å². The number of fused-ring (bicyclic) bond motifs is 6. The molecule has 30 heteroatoms. The summed E-state index contributed by atoms with van der Waals surface area (Å²) in [6.07, 6.45) is 13.2. The first-order valence-electron chi connectivity index (χ1n) is 39.0. The summed E-state index contributed by atoms with van der Waals surface area (Å²) in [5.41, 5.74) is 20.5. The van der Waals surface area contributed by atoms with Gasteiger partial charge in [-0.1, -0.05) is 72.8 Å². The molecule has 7 N–H and O–H groups in total. The molecule has 8 aliphatic rings. The van der Waals surface area contributed by atoms with Gasteiger partial charge in [-0.05, 0) is 213 Å². The molecular weight excluding hydrogens is 1550 g/mol. The van der Waals surface area contributed by atoms with E-state index < -0.39 is 17.3 Å². The van der Waals surface area contributed by atoms with Crippen LogP contribution in [-0.4, -0.2) is 152 Å². The summed E-state index contributed by atoms with van der Waals surface area (Å²) in [7, 11) is 0. The number of nitrogens with zero attached hydrogens (tertiary/aromatic N) is 14. The molecule has 11 heterocycles. The van der Waals surface area contributed by atoms with E-state index in [9.17, 15) is 24.6 Å². The predicted octanol–water partition coefficient (Wildman–Crippen LogP) is 9.45. The smallest absolute Gasteiger partial charge is 1.00 e. The molecule has 6 aromatic heterocycles. The van der Waals surface area contributed by atoms with Crippen molar-refractivity contribution in [2.24, 2.45) is 22.0 Å². The number of ether oxygens (including phenoxy) is 5. The Kier molecular flexibility index (Phi) is 23.9. The summed E-state index contributed by atoms with van der Waals surface area (Å²) in [5.74, 6) is 1.78. The minimum atomic E-state index is -0.582. The summed E-state index contributed by atoms with van der Waals surface area (Å²) in [6.45, 7) is 22.2. The van der Waals surface area contributed by atoms with Crippen LogP contribution in [0.1, 0.15) is 219 Å². The Morgan fingerprint density at radius 3 is 1.48 bits per heavy atom. The molecule has 586 valence electrons.